The van der Waals surface area contributed by atoms with Crippen LogP contribution in [0.1, 0.15) is 12.7 Å². The van der Waals surface area contributed by atoms with E-state index in [-0.39, 0.29) is 18.1 Å². The highest BCUT2D eigenvalue weighted by Gasteiger charge is 2.18. The number of amides is 1. The highest BCUT2D eigenvalue weighted by atomic mass is 16.6. The third kappa shape index (κ3) is 3.82. The number of anilines is 1. The molecule has 1 heterocycles. The highest BCUT2D eigenvalue weighted by molar-refractivity contribution is 5.84. The topological polar surface area (TPSA) is 97.4 Å². The van der Waals surface area contributed by atoms with Crippen LogP contribution in [0.2, 0.25) is 0 Å². The van der Waals surface area contributed by atoms with Gasteiger partial charge in [-0.05, 0) is 25.1 Å². The first-order chi connectivity index (χ1) is 10.1. The van der Waals surface area contributed by atoms with Crippen LogP contribution in [0.5, 0.6) is 0 Å². The average Bonchev–Trinajstić information content (AvgIpc) is 2.98. The van der Waals surface area contributed by atoms with Crippen LogP contribution in [0.3, 0.4) is 0 Å². The minimum absolute atomic E-state index is 0.0665. The Hall–Kier alpha value is -2.83. The molecule has 1 aromatic heterocycles. The van der Waals surface area contributed by atoms with Crippen molar-refractivity contribution >= 4 is 17.3 Å². The fourth-order valence-corrected chi connectivity index (χ4v) is 1.79. The molecule has 7 heteroatoms. The number of benzene rings is 1. The van der Waals surface area contributed by atoms with Crippen LogP contribution >= 0.6 is 0 Å². The summed E-state index contributed by atoms with van der Waals surface area (Å²) in [5.41, 5.74) is 0.242. The van der Waals surface area contributed by atoms with Gasteiger partial charge in [0.2, 0.25) is 5.91 Å². The summed E-state index contributed by atoms with van der Waals surface area (Å²) in [7, 11) is 0. The van der Waals surface area contributed by atoms with Gasteiger partial charge in [0, 0.05) is 6.07 Å². The second kappa shape index (κ2) is 6.56. The molecule has 1 amide bonds. The van der Waals surface area contributed by atoms with Gasteiger partial charge in [0.15, 0.2) is 0 Å². The Morgan fingerprint density at radius 2 is 2.10 bits per heavy atom. The van der Waals surface area contributed by atoms with Crippen molar-refractivity contribution < 1.29 is 14.1 Å². The molecule has 21 heavy (non-hydrogen) atoms. The fourth-order valence-electron chi connectivity index (χ4n) is 1.79. The van der Waals surface area contributed by atoms with E-state index in [9.17, 15) is 14.9 Å². The standard InChI is InChI=1S/C14H15N3O4/c1-10(14(18)15-9-11-5-4-8-21-11)16-12-6-2-3-7-13(12)17(19)20/h2-8,10,16H,9H2,1H3,(H,15,18). The molecule has 110 valence electrons. The van der Waals surface area contributed by atoms with Gasteiger partial charge in [0.25, 0.3) is 5.69 Å². The Bertz CT molecular complexity index is 625. The van der Waals surface area contributed by atoms with E-state index in [1.807, 2.05) is 0 Å². The summed E-state index contributed by atoms with van der Waals surface area (Å²) in [6.07, 6.45) is 1.52. The monoisotopic (exact) mass is 289 g/mol. The predicted octanol–water partition coefficient (Wildman–Crippen LogP) is 2.30. The minimum Gasteiger partial charge on any atom is -0.467 e. The molecule has 2 aromatic rings. The van der Waals surface area contributed by atoms with Crippen molar-refractivity contribution in [1.29, 1.82) is 0 Å². The lowest BCUT2D eigenvalue weighted by Crippen LogP contribution is -2.37. The van der Waals surface area contributed by atoms with Gasteiger partial charge in [-0.3, -0.25) is 14.9 Å². The van der Waals surface area contributed by atoms with E-state index < -0.39 is 11.0 Å². The van der Waals surface area contributed by atoms with Crippen LogP contribution in [0.15, 0.2) is 47.1 Å². The first kappa shape index (κ1) is 14.6. The summed E-state index contributed by atoms with van der Waals surface area (Å²) in [5, 5.41) is 16.4. The molecule has 2 rings (SSSR count). The van der Waals surface area contributed by atoms with E-state index >= 15 is 0 Å². The van der Waals surface area contributed by atoms with Gasteiger partial charge in [0.1, 0.15) is 17.5 Å². The lowest BCUT2D eigenvalue weighted by molar-refractivity contribution is -0.384. The molecule has 2 N–H and O–H groups in total. The summed E-state index contributed by atoms with van der Waals surface area (Å²) in [4.78, 5) is 22.4. The molecule has 0 saturated heterocycles. The third-order valence-electron chi connectivity index (χ3n) is 2.88. The van der Waals surface area contributed by atoms with Crippen LogP contribution in [0.4, 0.5) is 11.4 Å². The largest absolute Gasteiger partial charge is 0.467 e. The van der Waals surface area contributed by atoms with Crippen molar-refractivity contribution in [2.45, 2.75) is 19.5 Å². The first-order valence-electron chi connectivity index (χ1n) is 6.38. The van der Waals surface area contributed by atoms with Gasteiger partial charge in [-0.15, -0.1) is 0 Å². The van der Waals surface area contributed by atoms with E-state index in [0.29, 0.717) is 11.4 Å². The number of carbonyl (C=O) groups is 1. The van der Waals surface area contributed by atoms with Gasteiger partial charge < -0.3 is 15.1 Å². The smallest absolute Gasteiger partial charge is 0.292 e. The number of para-hydroxylation sites is 2. The lowest BCUT2D eigenvalue weighted by atomic mass is 10.2. The van der Waals surface area contributed by atoms with Gasteiger partial charge in [0.05, 0.1) is 17.7 Å². The van der Waals surface area contributed by atoms with Crippen molar-refractivity contribution in [1.82, 2.24) is 5.32 Å². The number of nitrogens with one attached hydrogen (secondary N) is 2. The molecule has 1 atom stereocenters. The third-order valence-corrected chi connectivity index (χ3v) is 2.88. The molecule has 1 unspecified atom stereocenters. The Labute approximate surface area is 121 Å². The Balaban J connectivity index is 1.96. The molecule has 0 aliphatic carbocycles. The number of nitro groups is 1. The van der Waals surface area contributed by atoms with Crippen molar-refractivity contribution in [2.24, 2.45) is 0 Å². The normalized spacial score (nSPS) is 11.7. The highest BCUT2D eigenvalue weighted by Crippen LogP contribution is 2.23. The van der Waals surface area contributed by atoms with E-state index in [2.05, 4.69) is 10.6 Å². The van der Waals surface area contributed by atoms with Gasteiger partial charge in [-0.2, -0.15) is 0 Å². The van der Waals surface area contributed by atoms with E-state index in [1.54, 1.807) is 37.3 Å². The molecular weight excluding hydrogens is 274 g/mol. The number of nitrogens with zero attached hydrogens (tertiary/aromatic N) is 1. The SMILES string of the molecule is CC(Nc1ccccc1[N+](=O)[O-])C(=O)NCc1ccco1. The van der Waals surface area contributed by atoms with Crippen molar-refractivity contribution in [2.75, 3.05) is 5.32 Å². The molecular formula is C14H15N3O4. The summed E-state index contributed by atoms with van der Waals surface area (Å²) >= 11 is 0. The number of hydrogen-bond donors (Lipinski definition) is 2. The maximum Gasteiger partial charge on any atom is 0.292 e. The van der Waals surface area contributed by atoms with Gasteiger partial charge in [-0.25, -0.2) is 0 Å². The molecule has 0 aliphatic heterocycles. The molecule has 0 bridgehead atoms. The summed E-state index contributed by atoms with van der Waals surface area (Å²) < 4.78 is 5.11. The zero-order valence-corrected chi connectivity index (χ0v) is 11.4. The van der Waals surface area contributed by atoms with Crippen LogP contribution < -0.4 is 10.6 Å². The average molecular weight is 289 g/mol. The molecule has 0 spiro atoms. The molecule has 0 saturated carbocycles. The zero-order chi connectivity index (χ0) is 15.2. The maximum atomic E-state index is 11.9. The Morgan fingerprint density at radius 3 is 2.76 bits per heavy atom. The molecule has 7 nitrogen and oxygen atoms in total. The number of hydrogen-bond acceptors (Lipinski definition) is 5. The second-order valence-corrected chi connectivity index (χ2v) is 4.44. The van der Waals surface area contributed by atoms with E-state index in [0.717, 1.165) is 0 Å². The van der Waals surface area contributed by atoms with Crippen LogP contribution in [0, 0.1) is 10.1 Å². The molecule has 1 aromatic carbocycles. The number of furan rings is 1. The second-order valence-electron chi connectivity index (χ2n) is 4.44. The van der Waals surface area contributed by atoms with Crippen LogP contribution in [-0.4, -0.2) is 16.9 Å². The van der Waals surface area contributed by atoms with Gasteiger partial charge in [-0.1, -0.05) is 12.1 Å². The predicted molar refractivity (Wildman–Crippen MR) is 76.7 cm³/mol. The van der Waals surface area contributed by atoms with Crippen molar-refractivity contribution in [3.05, 3.63) is 58.5 Å². The summed E-state index contributed by atoms with van der Waals surface area (Å²) in [6.45, 7) is 1.91. The first-order valence-corrected chi connectivity index (χ1v) is 6.38. The van der Waals surface area contributed by atoms with Crippen molar-refractivity contribution in [3.8, 4) is 0 Å². The van der Waals surface area contributed by atoms with Crippen LogP contribution in [-0.2, 0) is 11.3 Å². The fraction of sp³-hybridized carbons (Fsp3) is 0.214. The quantitative estimate of drug-likeness (QED) is 0.628. The van der Waals surface area contributed by atoms with Crippen LogP contribution in [0.25, 0.3) is 0 Å². The number of rotatable bonds is 6. The molecule has 0 aliphatic rings. The Kier molecular flexibility index (Phi) is 4.55. The number of carbonyl (C=O) groups excluding carboxylic acids is 1. The van der Waals surface area contributed by atoms with E-state index in [1.165, 1.54) is 12.3 Å². The molecule has 0 fully saturated rings. The van der Waals surface area contributed by atoms with Crippen molar-refractivity contribution in [3.63, 3.8) is 0 Å². The maximum absolute atomic E-state index is 11.9. The van der Waals surface area contributed by atoms with E-state index in [4.69, 9.17) is 4.42 Å². The summed E-state index contributed by atoms with van der Waals surface area (Å²) in [6, 6.07) is 9.07. The Morgan fingerprint density at radius 1 is 1.33 bits per heavy atom. The minimum atomic E-state index is -0.610. The molecule has 0 radical (unpaired) electrons. The zero-order valence-electron chi connectivity index (χ0n) is 11.4. The summed E-state index contributed by atoms with van der Waals surface area (Å²) in [5.74, 6) is 0.366. The lowest BCUT2D eigenvalue weighted by Gasteiger charge is -2.14. The number of nitro benzene ring substituents is 1. The van der Waals surface area contributed by atoms with Gasteiger partial charge >= 0.3 is 0 Å².